The van der Waals surface area contributed by atoms with Crippen LogP contribution in [-0.2, 0) is 11.2 Å². The van der Waals surface area contributed by atoms with Crippen LogP contribution in [0.15, 0.2) is 78.9 Å². The topological polar surface area (TPSA) is 68.0 Å². The molecular formula is C23H23N3O. The third-order valence-corrected chi connectivity index (χ3v) is 4.16. The SMILES string of the molecule is NC(=O)CC=Cc1ccc(-c2ccccc2)nc1NCCc1ccccc1. The van der Waals surface area contributed by atoms with Crippen molar-refractivity contribution in [2.24, 2.45) is 5.73 Å². The molecule has 3 aromatic rings. The number of anilines is 1. The Morgan fingerprint density at radius 1 is 0.963 bits per heavy atom. The number of nitrogens with zero attached hydrogens (tertiary/aromatic N) is 1. The predicted molar refractivity (Wildman–Crippen MR) is 111 cm³/mol. The molecule has 1 amide bonds. The maximum Gasteiger partial charge on any atom is 0.221 e. The van der Waals surface area contributed by atoms with Crippen LogP contribution in [-0.4, -0.2) is 17.4 Å². The molecule has 0 radical (unpaired) electrons. The van der Waals surface area contributed by atoms with Crippen LogP contribution in [0.2, 0.25) is 0 Å². The second kappa shape index (κ2) is 9.34. The fourth-order valence-electron chi connectivity index (χ4n) is 2.79. The summed E-state index contributed by atoms with van der Waals surface area (Å²) in [5, 5.41) is 3.43. The maximum absolute atomic E-state index is 11.0. The molecule has 0 aliphatic heterocycles. The number of rotatable bonds is 8. The van der Waals surface area contributed by atoms with Gasteiger partial charge in [-0.2, -0.15) is 0 Å². The van der Waals surface area contributed by atoms with Gasteiger partial charge in [0.2, 0.25) is 5.91 Å². The Morgan fingerprint density at radius 3 is 2.37 bits per heavy atom. The molecule has 27 heavy (non-hydrogen) atoms. The number of hydrogen-bond acceptors (Lipinski definition) is 3. The van der Waals surface area contributed by atoms with Crippen molar-refractivity contribution in [3.05, 3.63) is 90.0 Å². The van der Waals surface area contributed by atoms with Crippen LogP contribution in [0.25, 0.3) is 17.3 Å². The Balaban J connectivity index is 1.79. The molecule has 2 aromatic carbocycles. The molecule has 0 aliphatic rings. The molecule has 136 valence electrons. The molecule has 0 spiro atoms. The van der Waals surface area contributed by atoms with Crippen molar-refractivity contribution in [1.82, 2.24) is 4.98 Å². The maximum atomic E-state index is 11.0. The normalized spacial score (nSPS) is 10.8. The van der Waals surface area contributed by atoms with Crippen molar-refractivity contribution < 1.29 is 4.79 Å². The number of hydrogen-bond donors (Lipinski definition) is 2. The average Bonchev–Trinajstić information content (AvgIpc) is 2.70. The fraction of sp³-hybridized carbons (Fsp3) is 0.130. The second-order valence-corrected chi connectivity index (χ2v) is 6.24. The smallest absolute Gasteiger partial charge is 0.221 e. The Kier molecular flexibility index (Phi) is 6.36. The quantitative estimate of drug-likeness (QED) is 0.632. The summed E-state index contributed by atoms with van der Waals surface area (Å²) >= 11 is 0. The zero-order valence-electron chi connectivity index (χ0n) is 15.1. The minimum Gasteiger partial charge on any atom is -0.369 e. The lowest BCUT2D eigenvalue weighted by Gasteiger charge is -2.11. The fourth-order valence-corrected chi connectivity index (χ4v) is 2.79. The summed E-state index contributed by atoms with van der Waals surface area (Å²) in [5.41, 5.74) is 9.40. The molecule has 0 aliphatic carbocycles. The van der Waals surface area contributed by atoms with E-state index < -0.39 is 0 Å². The van der Waals surface area contributed by atoms with Crippen LogP contribution in [0.4, 0.5) is 5.82 Å². The van der Waals surface area contributed by atoms with Crippen molar-refractivity contribution in [2.75, 3.05) is 11.9 Å². The number of nitrogens with one attached hydrogen (secondary N) is 1. The van der Waals surface area contributed by atoms with E-state index in [9.17, 15) is 4.79 Å². The molecule has 1 aromatic heterocycles. The average molecular weight is 357 g/mol. The van der Waals surface area contributed by atoms with E-state index in [1.807, 2.05) is 66.7 Å². The van der Waals surface area contributed by atoms with Crippen molar-refractivity contribution in [1.29, 1.82) is 0 Å². The number of carbonyl (C=O) groups excluding carboxylic acids is 1. The van der Waals surface area contributed by atoms with E-state index >= 15 is 0 Å². The van der Waals surface area contributed by atoms with Crippen LogP contribution in [0.3, 0.4) is 0 Å². The summed E-state index contributed by atoms with van der Waals surface area (Å²) in [6.45, 7) is 0.770. The number of primary amides is 1. The van der Waals surface area contributed by atoms with Gasteiger partial charge in [-0.15, -0.1) is 0 Å². The van der Waals surface area contributed by atoms with Crippen LogP contribution in [0.5, 0.6) is 0 Å². The first-order valence-electron chi connectivity index (χ1n) is 9.01. The molecule has 0 saturated heterocycles. The van der Waals surface area contributed by atoms with E-state index in [4.69, 9.17) is 10.7 Å². The lowest BCUT2D eigenvalue weighted by Crippen LogP contribution is -2.09. The number of amides is 1. The second-order valence-electron chi connectivity index (χ2n) is 6.24. The number of carbonyl (C=O) groups is 1. The zero-order chi connectivity index (χ0) is 18.9. The molecule has 3 N–H and O–H groups in total. The van der Waals surface area contributed by atoms with Gasteiger partial charge in [-0.3, -0.25) is 4.79 Å². The first kappa shape index (κ1) is 18.4. The van der Waals surface area contributed by atoms with Gasteiger partial charge in [0.15, 0.2) is 0 Å². The van der Waals surface area contributed by atoms with Gasteiger partial charge in [-0.25, -0.2) is 4.98 Å². The van der Waals surface area contributed by atoms with Gasteiger partial charge in [0.05, 0.1) is 5.69 Å². The highest BCUT2D eigenvalue weighted by atomic mass is 16.1. The van der Waals surface area contributed by atoms with E-state index in [-0.39, 0.29) is 12.3 Å². The summed E-state index contributed by atoms with van der Waals surface area (Å²) < 4.78 is 0. The number of benzene rings is 2. The summed E-state index contributed by atoms with van der Waals surface area (Å²) in [6, 6.07) is 24.4. The number of nitrogens with two attached hydrogens (primary N) is 1. The van der Waals surface area contributed by atoms with Gasteiger partial charge in [-0.1, -0.05) is 72.8 Å². The Morgan fingerprint density at radius 2 is 1.67 bits per heavy atom. The van der Waals surface area contributed by atoms with Crippen molar-refractivity contribution in [3.8, 4) is 11.3 Å². The van der Waals surface area contributed by atoms with Crippen LogP contribution < -0.4 is 11.1 Å². The van der Waals surface area contributed by atoms with Gasteiger partial charge < -0.3 is 11.1 Å². The molecule has 0 atom stereocenters. The zero-order valence-corrected chi connectivity index (χ0v) is 15.1. The Labute approximate surface area is 159 Å². The van der Waals surface area contributed by atoms with Crippen LogP contribution in [0.1, 0.15) is 17.5 Å². The minimum absolute atomic E-state index is 0.212. The van der Waals surface area contributed by atoms with E-state index in [0.717, 1.165) is 35.6 Å². The summed E-state index contributed by atoms with van der Waals surface area (Å²) in [7, 11) is 0. The predicted octanol–water partition coefficient (Wildman–Crippen LogP) is 4.29. The minimum atomic E-state index is -0.348. The molecule has 0 saturated carbocycles. The van der Waals surface area contributed by atoms with E-state index in [2.05, 4.69) is 17.4 Å². The first-order valence-corrected chi connectivity index (χ1v) is 9.01. The van der Waals surface area contributed by atoms with Crippen molar-refractivity contribution in [3.63, 3.8) is 0 Å². The van der Waals surface area contributed by atoms with Gasteiger partial charge in [0.25, 0.3) is 0 Å². The van der Waals surface area contributed by atoms with Gasteiger partial charge >= 0.3 is 0 Å². The molecular weight excluding hydrogens is 334 g/mol. The molecule has 4 heteroatoms. The first-order chi connectivity index (χ1) is 13.2. The van der Waals surface area contributed by atoms with Crippen molar-refractivity contribution in [2.45, 2.75) is 12.8 Å². The van der Waals surface area contributed by atoms with E-state index in [0.29, 0.717) is 0 Å². The van der Waals surface area contributed by atoms with Crippen LogP contribution >= 0.6 is 0 Å². The highest BCUT2D eigenvalue weighted by molar-refractivity contribution is 5.77. The van der Waals surface area contributed by atoms with Gasteiger partial charge in [-0.05, 0) is 24.1 Å². The molecule has 4 nitrogen and oxygen atoms in total. The highest BCUT2D eigenvalue weighted by Crippen LogP contribution is 2.23. The third-order valence-electron chi connectivity index (χ3n) is 4.16. The standard InChI is InChI=1S/C23H23N3O/c24-22(27)13-7-12-20-14-15-21(19-10-5-2-6-11-19)26-23(20)25-17-16-18-8-3-1-4-9-18/h1-12,14-15H,13,16-17H2,(H2,24,27)(H,25,26). The summed E-state index contributed by atoms with van der Waals surface area (Å²) in [6.07, 6.45) is 4.77. The Hall–Kier alpha value is -3.40. The largest absolute Gasteiger partial charge is 0.369 e. The molecule has 0 unspecified atom stereocenters. The molecule has 1 heterocycles. The lowest BCUT2D eigenvalue weighted by atomic mass is 10.1. The summed E-state index contributed by atoms with van der Waals surface area (Å²) in [5.74, 6) is 0.451. The Bertz CT molecular complexity index is 905. The van der Waals surface area contributed by atoms with Crippen molar-refractivity contribution >= 4 is 17.8 Å². The number of pyridine rings is 1. The summed E-state index contributed by atoms with van der Waals surface area (Å²) in [4.78, 5) is 15.8. The van der Waals surface area contributed by atoms with E-state index in [1.165, 1.54) is 5.56 Å². The molecule has 3 rings (SSSR count). The van der Waals surface area contributed by atoms with Gasteiger partial charge in [0, 0.05) is 24.1 Å². The van der Waals surface area contributed by atoms with Crippen LogP contribution in [0, 0.1) is 0 Å². The third kappa shape index (κ3) is 5.54. The van der Waals surface area contributed by atoms with E-state index in [1.54, 1.807) is 6.08 Å². The number of aromatic nitrogens is 1. The molecule has 0 fully saturated rings. The highest BCUT2D eigenvalue weighted by Gasteiger charge is 2.06. The molecule has 0 bridgehead atoms. The monoisotopic (exact) mass is 357 g/mol. The van der Waals surface area contributed by atoms with Gasteiger partial charge in [0.1, 0.15) is 5.82 Å². The lowest BCUT2D eigenvalue weighted by molar-refractivity contribution is -0.117.